The third-order valence-electron chi connectivity index (χ3n) is 2.07. The number of ether oxygens (including phenoxy) is 1. The van der Waals surface area contributed by atoms with Crippen LogP contribution in [0.15, 0.2) is 24.3 Å². The van der Waals surface area contributed by atoms with Crippen LogP contribution in [0.25, 0.3) is 0 Å². The van der Waals surface area contributed by atoms with Crippen LogP contribution in [0.1, 0.15) is 13.8 Å². The van der Waals surface area contributed by atoms with Crippen molar-refractivity contribution < 1.29 is 9.84 Å². The smallest absolute Gasteiger partial charge is 0.142 e. The summed E-state index contributed by atoms with van der Waals surface area (Å²) in [6.07, 6.45) is 0.161. The Bertz CT molecular complexity index is 299. The number of nitrogens with zero attached hydrogens (tertiary/aromatic N) is 1. The molecule has 0 radical (unpaired) electrons. The van der Waals surface area contributed by atoms with E-state index in [-0.39, 0.29) is 12.7 Å². The second kappa shape index (κ2) is 5.61. The summed E-state index contributed by atoms with van der Waals surface area (Å²) in [5.41, 5.74) is 1.01. The molecule has 0 spiro atoms. The summed E-state index contributed by atoms with van der Waals surface area (Å²) in [4.78, 5) is 1.98. The maximum Gasteiger partial charge on any atom is 0.142 e. The molecule has 0 unspecified atom stereocenters. The summed E-state index contributed by atoms with van der Waals surface area (Å²) >= 11 is 0. The zero-order chi connectivity index (χ0) is 11.3. The summed E-state index contributed by atoms with van der Waals surface area (Å²) in [6.45, 7) is 4.76. The molecule has 3 nitrogen and oxygen atoms in total. The van der Waals surface area contributed by atoms with Crippen LogP contribution in [-0.2, 0) is 0 Å². The van der Waals surface area contributed by atoms with E-state index in [0.29, 0.717) is 6.54 Å². The lowest BCUT2D eigenvalue weighted by atomic mass is 10.2. The van der Waals surface area contributed by atoms with Gasteiger partial charge >= 0.3 is 0 Å². The number of likely N-dealkylation sites (N-methyl/N-ethyl adjacent to an activating group) is 1. The molecule has 0 aliphatic heterocycles. The first-order valence-corrected chi connectivity index (χ1v) is 5.23. The highest BCUT2D eigenvalue weighted by Crippen LogP contribution is 2.27. The highest BCUT2D eigenvalue weighted by molar-refractivity contribution is 5.57. The van der Waals surface area contributed by atoms with Gasteiger partial charge in [0.1, 0.15) is 5.75 Å². The molecule has 1 rings (SSSR count). The molecule has 0 saturated carbocycles. The van der Waals surface area contributed by atoms with Crippen molar-refractivity contribution >= 4 is 5.69 Å². The predicted octanol–water partition coefficient (Wildman–Crippen LogP) is 1.90. The second-order valence-corrected chi connectivity index (χ2v) is 3.78. The zero-order valence-electron chi connectivity index (χ0n) is 9.60. The van der Waals surface area contributed by atoms with Gasteiger partial charge in [-0.05, 0) is 26.0 Å². The van der Waals surface area contributed by atoms with E-state index in [4.69, 9.17) is 9.84 Å². The fourth-order valence-corrected chi connectivity index (χ4v) is 1.40. The van der Waals surface area contributed by atoms with Crippen LogP contribution in [0.2, 0.25) is 0 Å². The van der Waals surface area contributed by atoms with Gasteiger partial charge < -0.3 is 14.7 Å². The van der Waals surface area contributed by atoms with Gasteiger partial charge in [0.05, 0.1) is 18.4 Å². The number of anilines is 1. The van der Waals surface area contributed by atoms with Gasteiger partial charge in [-0.3, -0.25) is 0 Å². The fourth-order valence-electron chi connectivity index (χ4n) is 1.40. The van der Waals surface area contributed by atoms with E-state index in [9.17, 15) is 0 Å². The number of rotatable bonds is 5. The van der Waals surface area contributed by atoms with Gasteiger partial charge in [-0.2, -0.15) is 0 Å². The first-order chi connectivity index (χ1) is 7.15. The zero-order valence-corrected chi connectivity index (χ0v) is 9.60. The minimum Gasteiger partial charge on any atom is -0.489 e. The van der Waals surface area contributed by atoms with E-state index in [1.807, 2.05) is 50.1 Å². The largest absolute Gasteiger partial charge is 0.489 e. The van der Waals surface area contributed by atoms with Crippen molar-refractivity contribution in [1.82, 2.24) is 0 Å². The lowest BCUT2D eigenvalue weighted by Gasteiger charge is -2.22. The molecular formula is C12H19NO2. The van der Waals surface area contributed by atoms with Crippen molar-refractivity contribution in [3.05, 3.63) is 24.3 Å². The number of para-hydroxylation sites is 2. The topological polar surface area (TPSA) is 32.7 Å². The Morgan fingerprint density at radius 1 is 1.33 bits per heavy atom. The molecule has 1 aromatic rings. The Morgan fingerprint density at radius 2 is 2.00 bits per heavy atom. The van der Waals surface area contributed by atoms with Crippen LogP contribution in [-0.4, -0.2) is 31.4 Å². The van der Waals surface area contributed by atoms with E-state index in [0.717, 1.165) is 11.4 Å². The van der Waals surface area contributed by atoms with Crippen molar-refractivity contribution in [2.24, 2.45) is 0 Å². The van der Waals surface area contributed by atoms with Crippen molar-refractivity contribution in [2.75, 3.05) is 25.1 Å². The van der Waals surface area contributed by atoms with E-state index in [2.05, 4.69) is 0 Å². The van der Waals surface area contributed by atoms with Gasteiger partial charge in [-0.15, -0.1) is 0 Å². The normalized spacial score (nSPS) is 10.5. The molecule has 15 heavy (non-hydrogen) atoms. The summed E-state index contributed by atoms with van der Waals surface area (Å²) < 4.78 is 5.69. The van der Waals surface area contributed by atoms with Gasteiger partial charge in [-0.1, -0.05) is 12.1 Å². The molecule has 0 fully saturated rings. The van der Waals surface area contributed by atoms with Crippen molar-refractivity contribution in [3.8, 4) is 5.75 Å². The van der Waals surface area contributed by atoms with Crippen LogP contribution in [0.3, 0.4) is 0 Å². The van der Waals surface area contributed by atoms with Crippen LogP contribution in [0, 0.1) is 0 Å². The van der Waals surface area contributed by atoms with Gasteiger partial charge in [0, 0.05) is 13.6 Å². The number of hydrogen-bond donors (Lipinski definition) is 1. The summed E-state index contributed by atoms with van der Waals surface area (Å²) in [6, 6.07) is 7.86. The monoisotopic (exact) mass is 209 g/mol. The molecular weight excluding hydrogens is 190 g/mol. The number of benzene rings is 1. The van der Waals surface area contributed by atoms with Crippen LogP contribution in [0.5, 0.6) is 5.75 Å². The van der Waals surface area contributed by atoms with E-state index < -0.39 is 0 Å². The Labute approximate surface area is 91.3 Å². The molecule has 0 amide bonds. The lowest BCUT2D eigenvalue weighted by molar-refractivity contribution is 0.242. The van der Waals surface area contributed by atoms with Gasteiger partial charge in [-0.25, -0.2) is 0 Å². The van der Waals surface area contributed by atoms with Gasteiger partial charge in [0.2, 0.25) is 0 Å². The minimum atomic E-state index is 0.145. The molecule has 0 aliphatic carbocycles. The fraction of sp³-hybridized carbons (Fsp3) is 0.500. The summed E-state index contributed by atoms with van der Waals surface area (Å²) in [7, 11) is 1.94. The third-order valence-corrected chi connectivity index (χ3v) is 2.07. The van der Waals surface area contributed by atoms with Crippen molar-refractivity contribution in [3.63, 3.8) is 0 Å². The van der Waals surface area contributed by atoms with Crippen molar-refractivity contribution in [1.29, 1.82) is 0 Å². The minimum absolute atomic E-state index is 0.145. The standard InChI is InChI=1S/C12H19NO2/c1-10(2)15-12-7-5-4-6-11(12)13(3)8-9-14/h4-7,10,14H,8-9H2,1-3H3. The quantitative estimate of drug-likeness (QED) is 0.804. The molecule has 0 aliphatic rings. The number of aliphatic hydroxyl groups is 1. The Kier molecular flexibility index (Phi) is 4.43. The lowest BCUT2D eigenvalue weighted by Crippen LogP contribution is -2.22. The average Bonchev–Trinajstić information content (AvgIpc) is 2.18. The van der Waals surface area contributed by atoms with Crippen LogP contribution >= 0.6 is 0 Å². The van der Waals surface area contributed by atoms with Gasteiger partial charge in [0.15, 0.2) is 0 Å². The first-order valence-electron chi connectivity index (χ1n) is 5.23. The first kappa shape index (κ1) is 11.9. The maximum atomic E-state index is 8.89. The van der Waals surface area contributed by atoms with Gasteiger partial charge in [0.25, 0.3) is 0 Å². The maximum absolute atomic E-state index is 8.89. The number of aliphatic hydroxyl groups excluding tert-OH is 1. The molecule has 3 heteroatoms. The third kappa shape index (κ3) is 3.44. The Balaban J connectivity index is 2.85. The SMILES string of the molecule is CC(C)Oc1ccccc1N(C)CCO. The van der Waals surface area contributed by atoms with Crippen LogP contribution < -0.4 is 9.64 Å². The highest BCUT2D eigenvalue weighted by atomic mass is 16.5. The molecule has 0 atom stereocenters. The summed E-state index contributed by atoms with van der Waals surface area (Å²) in [5.74, 6) is 0.864. The molecule has 0 aromatic heterocycles. The predicted molar refractivity (Wildman–Crippen MR) is 62.6 cm³/mol. The molecule has 1 N–H and O–H groups in total. The molecule has 0 heterocycles. The highest BCUT2D eigenvalue weighted by Gasteiger charge is 2.08. The molecule has 1 aromatic carbocycles. The molecule has 0 saturated heterocycles. The number of hydrogen-bond acceptors (Lipinski definition) is 3. The van der Waals surface area contributed by atoms with Crippen molar-refractivity contribution in [2.45, 2.75) is 20.0 Å². The molecule has 0 bridgehead atoms. The average molecular weight is 209 g/mol. The Hall–Kier alpha value is -1.22. The van der Waals surface area contributed by atoms with E-state index in [1.54, 1.807) is 0 Å². The van der Waals surface area contributed by atoms with E-state index in [1.165, 1.54) is 0 Å². The van der Waals surface area contributed by atoms with Crippen LogP contribution in [0.4, 0.5) is 5.69 Å². The second-order valence-electron chi connectivity index (χ2n) is 3.78. The Morgan fingerprint density at radius 3 is 2.60 bits per heavy atom. The summed E-state index contributed by atoms with van der Waals surface area (Å²) in [5, 5.41) is 8.89. The molecule has 84 valence electrons. The van der Waals surface area contributed by atoms with E-state index >= 15 is 0 Å².